The van der Waals surface area contributed by atoms with Gasteiger partial charge in [-0.15, -0.1) is 0 Å². The van der Waals surface area contributed by atoms with E-state index in [9.17, 15) is 0 Å². The lowest BCUT2D eigenvalue weighted by Crippen LogP contribution is -2.08. The van der Waals surface area contributed by atoms with Crippen molar-refractivity contribution in [2.75, 3.05) is 0 Å². The van der Waals surface area contributed by atoms with Gasteiger partial charge in [0.2, 0.25) is 0 Å². The summed E-state index contributed by atoms with van der Waals surface area (Å²) in [4.78, 5) is 4.15. The van der Waals surface area contributed by atoms with Crippen molar-refractivity contribution in [1.82, 2.24) is 4.98 Å². The molecule has 1 rings (SSSR count). The number of hydrogen-bond donors (Lipinski definition) is 1. The van der Waals surface area contributed by atoms with Gasteiger partial charge in [-0.1, -0.05) is 13.0 Å². The molecule has 0 aliphatic rings. The van der Waals surface area contributed by atoms with Crippen molar-refractivity contribution in [3.63, 3.8) is 0 Å². The van der Waals surface area contributed by atoms with E-state index >= 15 is 0 Å². The van der Waals surface area contributed by atoms with Crippen LogP contribution in [0.2, 0.25) is 0 Å². The highest BCUT2D eigenvalue weighted by atomic mass is 127. The monoisotopic (exact) mass is 262 g/mol. The van der Waals surface area contributed by atoms with Gasteiger partial charge in [0.25, 0.3) is 0 Å². The van der Waals surface area contributed by atoms with Crippen molar-refractivity contribution < 1.29 is 0 Å². The first-order chi connectivity index (χ1) is 5.24. The number of halogens is 1. The maximum Gasteiger partial charge on any atom is 0.101 e. The van der Waals surface area contributed by atoms with Gasteiger partial charge in [-0.25, -0.2) is 4.98 Å². The maximum atomic E-state index is 5.80. The molecule has 1 heterocycles. The Labute approximate surface area is 80.3 Å². The third-order valence-electron chi connectivity index (χ3n) is 1.62. The molecule has 0 aliphatic heterocycles. The molecule has 1 atom stereocenters. The van der Waals surface area contributed by atoms with Crippen LogP contribution in [0.1, 0.15) is 24.9 Å². The van der Waals surface area contributed by atoms with Crippen LogP contribution in [0.3, 0.4) is 0 Å². The van der Waals surface area contributed by atoms with Crippen LogP contribution in [0.5, 0.6) is 0 Å². The minimum absolute atomic E-state index is 0.138. The van der Waals surface area contributed by atoms with Gasteiger partial charge in [0.1, 0.15) is 3.70 Å². The molecule has 0 fully saturated rings. The highest BCUT2D eigenvalue weighted by Gasteiger charge is 2.01. The molecule has 0 unspecified atom stereocenters. The fourth-order valence-corrected chi connectivity index (χ4v) is 1.16. The topological polar surface area (TPSA) is 38.9 Å². The van der Waals surface area contributed by atoms with Crippen LogP contribution in [0.4, 0.5) is 0 Å². The zero-order valence-electron chi connectivity index (χ0n) is 6.42. The quantitative estimate of drug-likeness (QED) is 0.654. The van der Waals surface area contributed by atoms with E-state index in [2.05, 4.69) is 34.5 Å². The molecule has 60 valence electrons. The summed E-state index contributed by atoms with van der Waals surface area (Å²) in [5.41, 5.74) is 6.92. The molecule has 0 spiro atoms. The SMILES string of the molecule is CC[C@H](N)c1ccc(I)nc1. The summed E-state index contributed by atoms with van der Waals surface area (Å²) >= 11 is 2.18. The summed E-state index contributed by atoms with van der Waals surface area (Å²) in [5, 5.41) is 0. The molecule has 0 aromatic carbocycles. The molecule has 3 heteroatoms. The normalized spacial score (nSPS) is 13.0. The first kappa shape index (κ1) is 8.93. The van der Waals surface area contributed by atoms with Crippen molar-refractivity contribution in [2.45, 2.75) is 19.4 Å². The second-order valence-electron chi connectivity index (χ2n) is 2.43. The second-order valence-corrected chi connectivity index (χ2v) is 3.53. The van der Waals surface area contributed by atoms with Crippen molar-refractivity contribution in [3.05, 3.63) is 27.6 Å². The highest BCUT2D eigenvalue weighted by Crippen LogP contribution is 2.12. The van der Waals surface area contributed by atoms with Gasteiger partial charge in [0.15, 0.2) is 0 Å². The van der Waals surface area contributed by atoms with Crippen LogP contribution in [0.15, 0.2) is 18.3 Å². The molecule has 0 aliphatic carbocycles. The maximum absolute atomic E-state index is 5.80. The van der Waals surface area contributed by atoms with Crippen molar-refractivity contribution in [2.24, 2.45) is 5.73 Å². The molecular weight excluding hydrogens is 251 g/mol. The molecule has 11 heavy (non-hydrogen) atoms. The van der Waals surface area contributed by atoms with Crippen LogP contribution in [0.25, 0.3) is 0 Å². The molecule has 0 radical (unpaired) electrons. The van der Waals surface area contributed by atoms with Crippen LogP contribution >= 0.6 is 22.6 Å². The molecule has 0 bridgehead atoms. The number of rotatable bonds is 2. The molecule has 0 saturated carbocycles. The van der Waals surface area contributed by atoms with Crippen molar-refractivity contribution >= 4 is 22.6 Å². The summed E-state index contributed by atoms with van der Waals surface area (Å²) in [7, 11) is 0. The highest BCUT2D eigenvalue weighted by molar-refractivity contribution is 14.1. The van der Waals surface area contributed by atoms with Gasteiger partial charge < -0.3 is 5.73 Å². The standard InChI is InChI=1S/C8H11IN2/c1-2-7(10)6-3-4-8(9)11-5-6/h3-5,7H,2,10H2,1H3/t7-/m0/s1. The van der Waals surface area contributed by atoms with Crippen LogP contribution in [-0.2, 0) is 0 Å². The number of nitrogens with two attached hydrogens (primary N) is 1. The third kappa shape index (κ3) is 2.41. The van der Waals surface area contributed by atoms with Gasteiger partial charge in [0, 0.05) is 12.2 Å². The predicted molar refractivity (Wildman–Crippen MR) is 54.2 cm³/mol. The Morgan fingerprint density at radius 1 is 1.64 bits per heavy atom. The number of aromatic nitrogens is 1. The van der Waals surface area contributed by atoms with E-state index < -0.39 is 0 Å². The Balaban J connectivity index is 2.81. The summed E-state index contributed by atoms with van der Waals surface area (Å²) in [6.45, 7) is 2.07. The predicted octanol–water partition coefficient (Wildman–Crippen LogP) is 2.10. The Morgan fingerprint density at radius 3 is 2.82 bits per heavy atom. The van der Waals surface area contributed by atoms with Crippen molar-refractivity contribution in [3.8, 4) is 0 Å². The number of nitrogens with zero attached hydrogens (tertiary/aromatic N) is 1. The Bertz CT molecular complexity index is 220. The van der Waals surface area contributed by atoms with Crippen LogP contribution in [0, 0.1) is 3.70 Å². The largest absolute Gasteiger partial charge is 0.324 e. The van der Waals surface area contributed by atoms with E-state index in [-0.39, 0.29) is 6.04 Å². The van der Waals surface area contributed by atoms with Gasteiger partial charge in [-0.05, 0) is 40.6 Å². The minimum atomic E-state index is 0.138. The molecule has 2 N–H and O–H groups in total. The smallest absolute Gasteiger partial charge is 0.101 e. The lowest BCUT2D eigenvalue weighted by atomic mass is 10.1. The van der Waals surface area contributed by atoms with E-state index in [1.165, 1.54) is 0 Å². The summed E-state index contributed by atoms with van der Waals surface area (Å²) in [6.07, 6.45) is 2.80. The van der Waals surface area contributed by atoms with E-state index in [1.54, 1.807) is 0 Å². The number of pyridine rings is 1. The first-order valence-electron chi connectivity index (χ1n) is 3.61. The lowest BCUT2D eigenvalue weighted by Gasteiger charge is -2.07. The second kappa shape index (κ2) is 4.01. The summed E-state index contributed by atoms with van der Waals surface area (Å²) < 4.78 is 1.01. The summed E-state index contributed by atoms with van der Waals surface area (Å²) in [6, 6.07) is 4.15. The van der Waals surface area contributed by atoms with Crippen LogP contribution < -0.4 is 5.73 Å². The Hall–Kier alpha value is -0.160. The van der Waals surface area contributed by atoms with Crippen LogP contribution in [-0.4, -0.2) is 4.98 Å². The van der Waals surface area contributed by atoms with Gasteiger partial charge in [-0.3, -0.25) is 0 Å². The van der Waals surface area contributed by atoms with Crippen molar-refractivity contribution in [1.29, 1.82) is 0 Å². The third-order valence-corrected chi connectivity index (χ3v) is 2.26. The van der Waals surface area contributed by atoms with E-state index in [4.69, 9.17) is 5.73 Å². The Morgan fingerprint density at radius 2 is 2.36 bits per heavy atom. The molecule has 1 aromatic rings. The van der Waals surface area contributed by atoms with E-state index in [0.717, 1.165) is 15.7 Å². The summed E-state index contributed by atoms with van der Waals surface area (Å²) in [5.74, 6) is 0. The van der Waals surface area contributed by atoms with E-state index in [1.807, 2.05) is 18.3 Å². The van der Waals surface area contributed by atoms with Gasteiger partial charge >= 0.3 is 0 Å². The Kier molecular flexibility index (Phi) is 3.26. The molecule has 1 aromatic heterocycles. The zero-order chi connectivity index (χ0) is 8.27. The average Bonchev–Trinajstić information content (AvgIpc) is 2.05. The molecule has 0 amide bonds. The molecular formula is C8H11IN2. The van der Waals surface area contributed by atoms with Gasteiger partial charge in [-0.2, -0.15) is 0 Å². The molecule has 2 nitrogen and oxygen atoms in total. The zero-order valence-corrected chi connectivity index (χ0v) is 8.58. The average molecular weight is 262 g/mol. The minimum Gasteiger partial charge on any atom is -0.324 e. The fourth-order valence-electron chi connectivity index (χ4n) is 0.842. The molecule has 0 saturated heterocycles. The number of hydrogen-bond acceptors (Lipinski definition) is 2. The first-order valence-corrected chi connectivity index (χ1v) is 4.69. The fraction of sp³-hybridized carbons (Fsp3) is 0.375. The lowest BCUT2D eigenvalue weighted by molar-refractivity contribution is 0.695. The van der Waals surface area contributed by atoms with E-state index in [0.29, 0.717) is 0 Å². The van der Waals surface area contributed by atoms with Gasteiger partial charge in [0.05, 0.1) is 0 Å².